The smallest absolute Gasteiger partial charge is 0.323 e. The molecule has 0 aromatic heterocycles. The van der Waals surface area contributed by atoms with Gasteiger partial charge < -0.3 is 15.6 Å². The molecule has 6 heteroatoms. The van der Waals surface area contributed by atoms with Gasteiger partial charge in [-0.2, -0.15) is 0 Å². The predicted molar refractivity (Wildman–Crippen MR) is 32.1 cm³/mol. The van der Waals surface area contributed by atoms with Crippen LogP contribution in [0.3, 0.4) is 0 Å². The molecule has 5 nitrogen and oxygen atoms in total. The molecule has 3 N–H and O–H groups in total. The van der Waals surface area contributed by atoms with Crippen LogP contribution in [-0.4, -0.2) is 52.8 Å². The Bertz CT molecular complexity index is 143. The summed E-state index contributed by atoms with van der Waals surface area (Å²) in [5, 5.41) is 8.01. The fourth-order valence-electron chi connectivity index (χ4n) is 0.247. The van der Waals surface area contributed by atoms with Gasteiger partial charge in [-0.1, -0.05) is 0 Å². The minimum absolute atomic E-state index is 0. The van der Waals surface area contributed by atoms with Crippen molar-refractivity contribution in [2.75, 3.05) is 0 Å². The van der Waals surface area contributed by atoms with E-state index in [1.807, 2.05) is 0 Å². The summed E-state index contributed by atoms with van der Waals surface area (Å²) in [4.78, 5) is 29.5. The van der Waals surface area contributed by atoms with E-state index in [-0.39, 0.29) is 35.8 Å². The Morgan fingerprint density at radius 1 is 1.50 bits per heavy atom. The van der Waals surface area contributed by atoms with Crippen molar-refractivity contribution in [1.29, 1.82) is 0 Å². The SMILES string of the molecule is NC(=O)C(C=O)C(=O)O.[Na]. The number of hydrogen-bond acceptors (Lipinski definition) is 3. The second kappa shape index (κ2) is 5.40. The molecule has 10 heavy (non-hydrogen) atoms. The van der Waals surface area contributed by atoms with Crippen LogP contribution in [0.25, 0.3) is 0 Å². The van der Waals surface area contributed by atoms with Crippen LogP contribution in [-0.2, 0) is 14.4 Å². The number of aliphatic carboxylic acids is 1. The number of carbonyl (C=O) groups excluding carboxylic acids is 2. The van der Waals surface area contributed by atoms with Crippen molar-refractivity contribution in [3.63, 3.8) is 0 Å². The molecule has 1 radical (unpaired) electrons. The number of carbonyl (C=O) groups is 3. The van der Waals surface area contributed by atoms with Gasteiger partial charge in [0.1, 0.15) is 6.29 Å². The number of aldehydes is 1. The summed E-state index contributed by atoms with van der Waals surface area (Å²) in [6.45, 7) is 0. The number of hydrogen-bond donors (Lipinski definition) is 2. The zero-order valence-corrected chi connectivity index (χ0v) is 7.40. The molecule has 51 valence electrons. The first-order valence-electron chi connectivity index (χ1n) is 2.07. The molecule has 0 saturated heterocycles. The fraction of sp³-hybridized carbons (Fsp3) is 0.250. The summed E-state index contributed by atoms with van der Waals surface area (Å²) in [5.41, 5.74) is 4.50. The van der Waals surface area contributed by atoms with E-state index in [1.165, 1.54) is 0 Å². The number of nitrogens with two attached hydrogens (primary N) is 1. The molecule has 0 heterocycles. The number of rotatable bonds is 3. The summed E-state index contributed by atoms with van der Waals surface area (Å²) in [6, 6.07) is 0. The Morgan fingerprint density at radius 2 is 1.90 bits per heavy atom. The average molecular weight is 154 g/mol. The van der Waals surface area contributed by atoms with E-state index < -0.39 is 17.8 Å². The molecule has 0 aromatic carbocycles. The molecule has 1 atom stereocenters. The Morgan fingerprint density at radius 3 is 1.90 bits per heavy atom. The summed E-state index contributed by atoms with van der Waals surface area (Å²) in [6.07, 6.45) is -0.00926. The van der Waals surface area contributed by atoms with Crippen LogP contribution < -0.4 is 5.73 Å². The maximum atomic E-state index is 9.98. The largest absolute Gasteiger partial charge is 0.480 e. The summed E-state index contributed by atoms with van der Waals surface area (Å²) in [7, 11) is 0. The van der Waals surface area contributed by atoms with Gasteiger partial charge in [0.2, 0.25) is 5.91 Å². The quantitative estimate of drug-likeness (QED) is 0.279. The molecule has 0 rings (SSSR count). The summed E-state index contributed by atoms with van der Waals surface area (Å²) < 4.78 is 0. The Kier molecular flexibility index (Phi) is 6.64. The minimum Gasteiger partial charge on any atom is -0.480 e. The van der Waals surface area contributed by atoms with Crippen molar-refractivity contribution in [3.8, 4) is 0 Å². The molecule has 0 spiro atoms. The van der Waals surface area contributed by atoms with Gasteiger partial charge in [0.25, 0.3) is 0 Å². The Balaban J connectivity index is 0. The zero-order chi connectivity index (χ0) is 7.44. The van der Waals surface area contributed by atoms with E-state index in [0.717, 1.165) is 0 Å². The molecule has 0 aliphatic carbocycles. The Labute approximate surface area is 78.9 Å². The van der Waals surface area contributed by atoms with E-state index >= 15 is 0 Å². The van der Waals surface area contributed by atoms with Crippen LogP contribution in [0.4, 0.5) is 0 Å². The molecule has 0 bridgehead atoms. The van der Waals surface area contributed by atoms with Gasteiger partial charge in [0.05, 0.1) is 0 Å². The van der Waals surface area contributed by atoms with Gasteiger partial charge >= 0.3 is 5.97 Å². The minimum atomic E-state index is -1.70. The predicted octanol–water partition coefficient (Wildman–Crippen LogP) is -2.01. The van der Waals surface area contributed by atoms with Gasteiger partial charge in [-0.3, -0.25) is 9.59 Å². The number of primary amides is 1. The molecule has 0 saturated carbocycles. The third kappa shape index (κ3) is 3.60. The second-order valence-electron chi connectivity index (χ2n) is 1.35. The van der Waals surface area contributed by atoms with Crippen molar-refractivity contribution in [1.82, 2.24) is 0 Å². The molecule has 0 fully saturated rings. The molecule has 0 aromatic rings. The van der Waals surface area contributed by atoms with E-state index in [4.69, 9.17) is 5.11 Å². The summed E-state index contributed by atoms with van der Waals surface area (Å²) >= 11 is 0. The molecular formula is C4H5NNaO4. The van der Waals surface area contributed by atoms with Crippen molar-refractivity contribution >= 4 is 47.7 Å². The standard InChI is InChI=1S/C4H5NO4.Na/c5-3(7)2(1-6)4(8)9;/h1-2H,(H2,5,7)(H,8,9);. The maximum Gasteiger partial charge on any atom is 0.323 e. The van der Waals surface area contributed by atoms with Crippen molar-refractivity contribution in [2.45, 2.75) is 0 Å². The van der Waals surface area contributed by atoms with E-state index in [2.05, 4.69) is 5.73 Å². The topological polar surface area (TPSA) is 97.5 Å². The number of carboxylic acids is 1. The van der Waals surface area contributed by atoms with Crippen LogP contribution in [0.15, 0.2) is 0 Å². The van der Waals surface area contributed by atoms with Crippen LogP contribution in [0.5, 0.6) is 0 Å². The molecule has 1 amide bonds. The van der Waals surface area contributed by atoms with E-state index in [0.29, 0.717) is 0 Å². The Hall–Kier alpha value is -0.390. The van der Waals surface area contributed by atoms with Gasteiger partial charge in [-0.05, 0) is 0 Å². The summed E-state index contributed by atoms with van der Waals surface area (Å²) in [5.74, 6) is -4.36. The number of carboxylic acid groups (broad SMARTS) is 1. The third-order valence-corrected chi connectivity index (χ3v) is 0.709. The number of amides is 1. The van der Waals surface area contributed by atoms with Gasteiger partial charge in [0.15, 0.2) is 5.92 Å². The van der Waals surface area contributed by atoms with Gasteiger partial charge in [-0.15, -0.1) is 0 Å². The van der Waals surface area contributed by atoms with Crippen molar-refractivity contribution in [2.24, 2.45) is 11.7 Å². The van der Waals surface area contributed by atoms with Crippen LogP contribution in [0, 0.1) is 5.92 Å². The first-order valence-corrected chi connectivity index (χ1v) is 2.07. The van der Waals surface area contributed by atoms with Crippen molar-refractivity contribution in [3.05, 3.63) is 0 Å². The first-order chi connectivity index (χ1) is 4.09. The van der Waals surface area contributed by atoms with Gasteiger partial charge in [0, 0.05) is 29.6 Å². The molecule has 1 unspecified atom stereocenters. The van der Waals surface area contributed by atoms with Crippen molar-refractivity contribution < 1.29 is 19.5 Å². The first kappa shape index (κ1) is 12.3. The van der Waals surface area contributed by atoms with Gasteiger partial charge in [-0.25, -0.2) is 0 Å². The normalized spacial score (nSPS) is 10.8. The fourth-order valence-corrected chi connectivity index (χ4v) is 0.247. The van der Waals surface area contributed by atoms with E-state index in [1.54, 1.807) is 0 Å². The average Bonchev–Trinajstić information content (AvgIpc) is 1.64. The van der Waals surface area contributed by atoms with Crippen LogP contribution in [0.1, 0.15) is 0 Å². The van der Waals surface area contributed by atoms with E-state index in [9.17, 15) is 14.4 Å². The maximum absolute atomic E-state index is 9.98. The third-order valence-electron chi connectivity index (χ3n) is 0.709. The molecule has 0 aliphatic heterocycles. The molecular weight excluding hydrogens is 149 g/mol. The zero-order valence-electron chi connectivity index (χ0n) is 5.40. The van der Waals surface area contributed by atoms with Crippen LogP contribution in [0.2, 0.25) is 0 Å². The monoisotopic (exact) mass is 154 g/mol. The molecule has 0 aliphatic rings. The second-order valence-corrected chi connectivity index (χ2v) is 1.35. The van der Waals surface area contributed by atoms with Crippen LogP contribution >= 0.6 is 0 Å².